The van der Waals surface area contributed by atoms with Crippen molar-refractivity contribution in [2.45, 2.75) is 52.4 Å². The zero-order valence-electron chi connectivity index (χ0n) is 12.2. The first-order valence-corrected chi connectivity index (χ1v) is 6.99. The first-order valence-electron chi connectivity index (χ1n) is 6.99. The summed E-state index contributed by atoms with van der Waals surface area (Å²) in [4.78, 5) is 19.3. The molecule has 110 valence electrons. The fourth-order valence-electron chi connectivity index (χ4n) is 2.54. The quantitative estimate of drug-likeness (QED) is 0.509. The molecule has 1 fully saturated rings. The van der Waals surface area contributed by atoms with E-state index in [-0.39, 0.29) is 12.3 Å². The van der Waals surface area contributed by atoms with Crippen LogP contribution in [-0.4, -0.2) is 27.8 Å². The Labute approximate surface area is 119 Å². The zero-order valence-corrected chi connectivity index (χ0v) is 12.2. The first-order chi connectivity index (χ1) is 9.51. The topological polar surface area (TPSA) is 82.5 Å². The lowest BCUT2D eigenvalue weighted by molar-refractivity contribution is -0.00545. The number of aldehydes is 1. The molecule has 0 aromatic carbocycles. The molecule has 6 nitrogen and oxygen atoms in total. The van der Waals surface area contributed by atoms with Gasteiger partial charge in [-0.1, -0.05) is 13.8 Å². The fraction of sp³-hybridized carbons (Fsp3) is 0.643. The lowest BCUT2D eigenvalue weighted by Crippen LogP contribution is -2.13. The van der Waals surface area contributed by atoms with E-state index in [1.54, 1.807) is 17.8 Å². The lowest BCUT2D eigenvalue weighted by atomic mass is 10.0. The zero-order chi connectivity index (χ0) is 14.7. The number of ether oxygens (including phenoxy) is 1. The molecule has 20 heavy (non-hydrogen) atoms. The maximum absolute atomic E-state index is 11.0. The number of hydrogen-bond acceptors (Lipinski definition) is 4. The van der Waals surface area contributed by atoms with Crippen LogP contribution in [0.5, 0.6) is 0 Å². The summed E-state index contributed by atoms with van der Waals surface area (Å²) < 4.78 is 7.84. The van der Waals surface area contributed by atoms with Crippen molar-refractivity contribution in [3.05, 3.63) is 12.0 Å². The van der Waals surface area contributed by atoms with Gasteiger partial charge in [-0.15, -0.1) is 0 Å². The molecule has 1 aliphatic rings. The van der Waals surface area contributed by atoms with Crippen LogP contribution in [0.1, 0.15) is 56.8 Å². The molecule has 2 heterocycles. The van der Waals surface area contributed by atoms with Crippen molar-refractivity contribution >= 4 is 17.9 Å². The van der Waals surface area contributed by atoms with Gasteiger partial charge in [-0.2, -0.15) is 0 Å². The van der Waals surface area contributed by atoms with Crippen LogP contribution in [0.2, 0.25) is 0 Å². The average Bonchev–Trinajstić information content (AvgIpc) is 2.94. The summed E-state index contributed by atoms with van der Waals surface area (Å²) in [5, 5.41) is 0. The van der Waals surface area contributed by atoms with Crippen LogP contribution in [0.15, 0.2) is 11.3 Å². The molecule has 0 bridgehead atoms. The fourth-order valence-corrected chi connectivity index (χ4v) is 2.54. The molecular weight excluding hydrogens is 256 g/mol. The summed E-state index contributed by atoms with van der Waals surface area (Å²) in [6.07, 6.45) is 5.41. The predicted octanol–water partition coefficient (Wildman–Crippen LogP) is 2.43. The average molecular weight is 278 g/mol. The smallest absolute Gasteiger partial charge is 0.172 e. The molecule has 2 N–H and O–H groups in total. The predicted molar refractivity (Wildman–Crippen MR) is 77.2 cm³/mol. The summed E-state index contributed by atoms with van der Waals surface area (Å²) >= 11 is 0. The van der Waals surface area contributed by atoms with Gasteiger partial charge >= 0.3 is 0 Å². The highest BCUT2D eigenvalue weighted by molar-refractivity contribution is 5.85. The van der Waals surface area contributed by atoms with Crippen LogP contribution in [0.4, 0.5) is 5.82 Å². The van der Waals surface area contributed by atoms with E-state index in [0.29, 0.717) is 29.6 Å². The Hall–Kier alpha value is -1.69. The van der Waals surface area contributed by atoms with Crippen molar-refractivity contribution in [3.8, 4) is 0 Å². The van der Waals surface area contributed by atoms with E-state index in [1.165, 1.54) is 0 Å². The number of amidine groups is 1. The van der Waals surface area contributed by atoms with Gasteiger partial charge in [0.15, 0.2) is 12.1 Å². The van der Waals surface area contributed by atoms with Crippen LogP contribution in [-0.2, 0) is 4.74 Å². The third-order valence-electron chi connectivity index (χ3n) is 3.32. The molecule has 0 saturated carbocycles. The van der Waals surface area contributed by atoms with Gasteiger partial charge in [-0.25, -0.2) is 9.98 Å². The van der Waals surface area contributed by atoms with Gasteiger partial charge in [0, 0.05) is 0 Å². The van der Waals surface area contributed by atoms with Crippen LogP contribution < -0.4 is 5.73 Å². The second-order valence-corrected chi connectivity index (χ2v) is 5.65. The molecule has 0 radical (unpaired) electrons. The van der Waals surface area contributed by atoms with E-state index in [2.05, 4.69) is 23.8 Å². The molecular formula is C14H22N4O2. The Balaban J connectivity index is 2.20. The molecule has 1 aromatic rings. The van der Waals surface area contributed by atoms with E-state index < -0.39 is 0 Å². The van der Waals surface area contributed by atoms with Gasteiger partial charge in [0.05, 0.1) is 18.3 Å². The Bertz CT molecular complexity index is 503. The van der Waals surface area contributed by atoms with Crippen molar-refractivity contribution in [2.75, 3.05) is 0 Å². The van der Waals surface area contributed by atoms with E-state index >= 15 is 0 Å². The summed E-state index contributed by atoms with van der Waals surface area (Å²) in [6.45, 7) is 6.06. The number of hydrogen-bond donors (Lipinski definition) is 1. The number of aliphatic imine (C=N–C) groups is 1. The third-order valence-corrected chi connectivity index (χ3v) is 3.32. The summed E-state index contributed by atoms with van der Waals surface area (Å²) in [5.74, 6) is 1.48. The molecule has 2 unspecified atom stereocenters. The Morgan fingerprint density at radius 1 is 1.65 bits per heavy atom. The van der Waals surface area contributed by atoms with Crippen LogP contribution in [0, 0.1) is 5.92 Å². The number of nitrogens with two attached hydrogens (primary N) is 1. The number of imidazole rings is 1. The minimum absolute atomic E-state index is 0.113. The number of nitrogens with zero attached hydrogens (tertiary/aromatic N) is 3. The van der Waals surface area contributed by atoms with E-state index in [9.17, 15) is 4.79 Å². The normalized spacial score (nSPS) is 23.5. The van der Waals surface area contributed by atoms with Gasteiger partial charge in [-0.3, -0.25) is 9.36 Å². The molecule has 2 atom stereocenters. The molecule has 6 heteroatoms. The SMILES string of the molecule is C/C(N)=N\c1c(C=O)ncn1C1CCC(CC(C)C)O1. The Kier molecular flexibility index (Phi) is 4.54. The maximum atomic E-state index is 11.0. The maximum Gasteiger partial charge on any atom is 0.172 e. The van der Waals surface area contributed by atoms with Gasteiger partial charge in [0.1, 0.15) is 11.9 Å². The molecule has 2 rings (SSSR count). The largest absolute Gasteiger partial charge is 0.387 e. The van der Waals surface area contributed by atoms with Gasteiger partial charge in [0.2, 0.25) is 0 Å². The van der Waals surface area contributed by atoms with Crippen molar-refractivity contribution in [1.29, 1.82) is 0 Å². The minimum Gasteiger partial charge on any atom is -0.387 e. The molecule has 0 aliphatic carbocycles. The van der Waals surface area contributed by atoms with Crippen molar-refractivity contribution in [3.63, 3.8) is 0 Å². The van der Waals surface area contributed by atoms with E-state index in [4.69, 9.17) is 10.5 Å². The van der Waals surface area contributed by atoms with Crippen LogP contribution >= 0.6 is 0 Å². The number of carbonyl (C=O) groups excluding carboxylic acids is 1. The Morgan fingerprint density at radius 3 is 3.00 bits per heavy atom. The third kappa shape index (κ3) is 3.25. The molecule has 0 spiro atoms. The Morgan fingerprint density at radius 2 is 2.40 bits per heavy atom. The summed E-state index contributed by atoms with van der Waals surface area (Å²) in [5.41, 5.74) is 5.92. The highest BCUT2D eigenvalue weighted by Crippen LogP contribution is 2.34. The standard InChI is InChI=1S/C14H22N4O2/c1-9(2)6-11-4-5-13(20-11)18-8-16-12(7-19)14(18)17-10(3)15/h7-9,11,13H,4-6H2,1-3H3,(H2,15,17). The molecule has 1 saturated heterocycles. The van der Waals surface area contributed by atoms with Gasteiger partial charge < -0.3 is 10.5 Å². The summed E-state index contributed by atoms with van der Waals surface area (Å²) in [6, 6.07) is 0. The highest BCUT2D eigenvalue weighted by atomic mass is 16.5. The molecule has 0 amide bonds. The first kappa shape index (κ1) is 14.7. The van der Waals surface area contributed by atoms with Crippen molar-refractivity contribution < 1.29 is 9.53 Å². The minimum atomic E-state index is -0.113. The van der Waals surface area contributed by atoms with Crippen LogP contribution in [0.3, 0.4) is 0 Å². The monoisotopic (exact) mass is 278 g/mol. The second kappa shape index (κ2) is 6.17. The van der Waals surface area contributed by atoms with Crippen molar-refractivity contribution in [1.82, 2.24) is 9.55 Å². The lowest BCUT2D eigenvalue weighted by Gasteiger charge is -2.17. The van der Waals surface area contributed by atoms with Gasteiger partial charge in [-0.05, 0) is 32.1 Å². The van der Waals surface area contributed by atoms with E-state index in [0.717, 1.165) is 19.3 Å². The number of aromatic nitrogens is 2. The van der Waals surface area contributed by atoms with Crippen LogP contribution in [0.25, 0.3) is 0 Å². The molecule has 1 aliphatic heterocycles. The van der Waals surface area contributed by atoms with Gasteiger partial charge in [0.25, 0.3) is 0 Å². The highest BCUT2D eigenvalue weighted by Gasteiger charge is 2.29. The second-order valence-electron chi connectivity index (χ2n) is 5.65. The number of rotatable bonds is 5. The van der Waals surface area contributed by atoms with E-state index in [1.807, 2.05) is 0 Å². The number of carbonyl (C=O) groups is 1. The van der Waals surface area contributed by atoms with Crippen molar-refractivity contribution in [2.24, 2.45) is 16.6 Å². The summed E-state index contributed by atoms with van der Waals surface area (Å²) in [7, 11) is 0. The molecule has 1 aromatic heterocycles.